The quantitative estimate of drug-likeness (QED) is 0.744. The zero-order valence-corrected chi connectivity index (χ0v) is 13.6. The van der Waals surface area contributed by atoms with Crippen LogP contribution in [0.25, 0.3) is 0 Å². The highest BCUT2D eigenvalue weighted by atomic mass is 32.1. The average Bonchev–Trinajstić information content (AvgIpc) is 3.28. The Kier molecular flexibility index (Phi) is 5.62. The molecular formula is C15H21N5O2S. The molecule has 2 aromatic rings. The summed E-state index contributed by atoms with van der Waals surface area (Å²) in [6.45, 7) is 4.28. The molecule has 124 valence electrons. The van der Waals surface area contributed by atoms with Crippen molar-refractivity contribution in [2.45, 2.75) is 12.6 Å². The van der Waals surface area contributed by atoms with Gasteiger partial charge < -0.3 is 15.4 Å². The summed E-state index contributed by atoms with van der Waals surface area (Å²) >= 11 is 1.72. The van der Waals surface area contributed by atoms with Gasteiger partial charge in [0.1, 0.15) is 0 Å². The smallest absolute Gasteiger partial charge is 0.315 e. The highest BCUT2D eigenvalue weighted by Gasteiger charge is 2.23. The first-order chi connectivity index (χ1) is 11.3. The van der Waals surface area contributed by atoms with E-state index in [1.165, 1.54) is 4.88 Å². The second kappa shape index (κ2) is 8.09. The van der Waals surface area contributed by atoms with Gasteiger partial charge in [0.25, 0.3) is 0 Å². The summed E-state index contributed by atoms with van der Waals surface area (Å²) in [6, 6.07) is 6.02. The molecule has 2 amide bonds. The number of nitrogens with one attached hydrogen (secondary N) is 3. The molecule has 3 rings (SSSR count). The molecule has 8 heteroatoms. The standard InChI is InChI=1S/C15H21N5O2S/c21-15(16-10-12-3-4-18-19-12)17-11-13(14-2-1-9-23-14)20-5-7-22-8-6-20/h1-4,9,13H,5-8,10-11H2,(H,18,19)(H2,16,17,21)/t13-/m0/s1. The maximum Gasteiger partial charge on any atom is 0.315 e. The molecule has 0 bridgehead atoms. The Morgan fingerprint density at radius 2 is 2.26 bits per heavy atom. The number of rotatable bonds is 6. The lowest BCUT2D eigenvalue weighted by Crippen LogP contribution is -2.45. The fourth-order valence-corrected chi connectivity index (χ4v) is 3.45. The van der Waals surface area contributed by atoms with Crippen molar-refractivity contribution in [1.29, 1.82) is 0 Å². The van der Waals surface area contributed by atoms with Gasteiger partial charge >= 0.3 is 6.03 Å². The number of aromatic amines is 1. The zero-order valence-electron chi connectivity index (χ0n) is 12.8. The van der Waals surface area contributed by atoms with Gasteiger partial charge in [0.05, 0.1) is 31.5 Å². The van der Waals surface area contributed by atoms with Gasteiger partial charge in [0.2, 0.25) is 0 Å². The maximum atomic E-state index is 12.0. The van der Waals surface area contributed by atoms with Crippen LogP contribution in [0, 0.1) is 0 Å². The molecule has 1 aliphatic rings. The lowest BCUT2D eigenvalue weighted by molar-refractivity contribution is 0.0174. The third-order valence-electron chi connectivity index (χ3n) is 3.81. The van der Waals surface area contributed by atoms with E-state index in [1.54, 1.807) is 17.5 Å². The van der Waals surface area contributed by atoms with Gasteiger partial charge in [-0.05, 0) is 17.5 Å². The molecule has 23 heavy (non-hydrogen) atoms. The molecule has 1 fully saturated rings. The van der Waals surface area contributed by atoms with Gasteiger partial charge in [-0.25, -0.2) is 4.79 Å². The van der Waals surface area contributed by atoms with Gasteiger partial charge in [-0.2, -0.15) is 5.10 Å². The third kappa shape index (κ3) is 4.54. The summed E-state index contributed by atoms with van der Waals surface area (Å²) < 4.78 is 5.43. The van der Waals surface area contributed by atoms with Crippen LogP contribution in [-0.4, -0.2) is 54.0 Å². The second-order valence-corrected chi connectivity index (χ2v) is 6.30. The number of hydrogen-bond acceptors (Lipinski definition) is 5. The minimum Gasteiger partial charge on any atom is -0.379 e. The number of hydrogen-bond donors (Lipinski definition) is 3. The number of H-pyrrole nitrogens is 1. The minimum absolute atomic E-state index is 0.172. The Bertz CT molecular complexity index is 581. The van der Waals surface area contributed by atoms with E-state index in [0.717, 1.165) is 32.0 Å². The van der Waals surface area contributed by atoms with Crippen molar-refractivity contribution >= 4 is 17.4 Å². The van der Waals surface area contributed by atoms with E-state index in [-0.39, 0.29) is 12.1 Å². The minimum atomic E-state index is -0.172. The average molecular weight is 335 g/mol. The summed E-state index contributed by atoms with van der Waals surface area (Å²) in [5.41, 5.74) is 0.878. The van der Waals surface area contributed by atoms with Gasteiger partial charge in [0, 0.05) is 30.7 Å². The van der Waals surface area contributed by atoms with E-state index in [2.05, 4.69) is 37.2 Å². The predicted molar refractivity (Wildman–Crippen MR) is 88.3 cm³/mol. The molecular weight excluding hydrogens is 314 g/mol. The van der Waals surface area contributed by atoms with Crippen molar-refractivity contribution in [1.82, 2.24) is 25.7 Å². The van der Waals surface area contributed by atoms with Crippen molar-refractivity contribution in [3.63, 3.8) is 0 Å². The summed E-state index contributed by atoms with van der Waals surface area (Å²) in [5.74, 6) is 0. The Labute approximate surface area is 139 Å². The molecule has 0 unspecified atom stereocenters. The monoisotopic (exact) mass is 335 g/mol. The molecule has 1 saturated heterocycles. The van der Waals surface area contributed by atoms with E-state index < -0.39 is 0 Å². The summed E-state index contributed by atoms with van der Waals surface area (Å²) in [4.78, 5) is 15.6. The van der Waals surface area contributed by atoms with Crippen molar-refractivity contribution in [2.75, 3.05) is 32.8 Å². The SMILES string of the molecule is O=C(NCc1ccn[nH]1)NC[C@@H](c1cccs1)N1CCOCC1. The Hall–Kier alpha value is -1.90. The highest BCUT2D eigenvalue weighted by molar-refractivity contribution is 7.10. The normalized spacial score (nSPS) is 16.9. The Morgan fingerprint density at radius 1 is 1.39 bits per heavy atom. The fraction of sp³-hybridized carbons (Fsp3) is 0.467. The van der Waals surface area contributed by atoms with Crippen molar-refractivity contribution < 1.29 is 9.53 Å². The van der Waals surface area contributed by atoms with E-state index in [0.29, 0.717) is 13.1 Å². The topological polar surface area (TPSA) is 82.3 Å². The second-order valence-electron chi connectivity index (χ2n) is 5.33. The zero-order chi connectivity index (χ0) is 15.9. The molecule has 3 heterocycles. The largest absolute Gasteiger partial charge is 0.379 e. The number of nitrogens with zero attached hydrogens (tertiary/aromatic N) is 2. The number of carbonyl (C=O) groups excluding carboxylic acids is 1. The van der Waals surface area contributed by atoms with Crippen molar-refractivity contribution in [3.05, 3.63) is 40.3 Å². The lowest BCUT2D eigenvalue weighted by Gasteiger charge is -2.34. The summed E-state index contributed by atoms with van der Waals surface area (Å²) in [6.07, 6.45) is 1.67. The van der Waals surface area contributed by atoms with Gasteiger partial charge in [-0.1, -0.05) is 6.07 Å². The van der Waals surface area contributed by atoms with E-state index in [4.69, 9.17) is 4.74 Å². The number of amides is 2. The fourth-order valence-electron chi connectivity index (χ4n) is 2.59. The number of thiophene rings is 1. The molecule has 2 aromatic heterocycles. The Balaban J connectivity index is 1.52. The molecule has 7 nitrogen and oxygen atoms in total. The first-order valence-corrected chi connectivity index (χ1v) is 8.56. The summed E-state index contributed by atoms with van der Waals surface area (Å²) in [5, 5.41) is 14.5. The summed E-state index contributed by atoms with van der Waals surface area (Å²) in [7, 11) is 0. The number of morpholine rings is 1. The molecule has 0 spiro atoms. The van der Waals surface area contributed by atoms with Crippen LogP contribution in [0.3, 0.4) is 0 Å². The van der Waals surface area contributed by atoms with Crippen molar-refractivity contribution in [3.8, 4) is 0 Å². The van der Waals surface area contributed by atoms with Crippen LogP contribution in [0.15, 0.2) is 29.8 Å². The molecule has 3 N–H and O–H groups in total. The number of aromatic nitrogens is 2. The lowest BCUT2D eigenvalue weighted by atomic mass is 10.2. The molecule has 0 radical (unpaired) electrons. The number of carbonyl (C=O) groups is 1. The van der Waals surface area contributed by atoms with E-state index in [1.807, 2.05) is 12.1 Å². The van der Waals surface area contributed by atoms with Crippen LogP contribution in [0.5, 0.6) is 0 Å². The highest BCUT2D eigenvalue weighted by Crippen LogP contribution is 2.25. The van der Waals surface area contributed by atoms with Crippen LogP contribution in [0.1, 0.15) is 16.6 Å². The van der Waals surface area contributed by atoms with Crippen LogP contribution in [-0.2, 0) is 11.3 Å². The number of ether oxygens (including phenoxy) is 1. The van der Waals surface area contributed by atoms with Crippen LogP contribution in [0.4, 0.5) is 4.79 Å². The third-order valence-corrected chi connectivity index (χ3v) is 4.79. The van der Waals surface area contributed by atoms with Crippen LogP contribution >= 0.6 is 11.3 Å². The van der Waals surface area contributed by atoms with E-state index in [9.17, 15) is 4.79 Å². The van der Waals surface area contributed by atoms with Crippen LogP contribution < -0.4 is 10.6 Å². The molecule has 0 saturated carbocycles. The van der Waals surface area contributed by atoms with Gasteiger partial charge in [0.15, 0.2) is 0 Å². The molecule has 0 aliphatic carbocycles. The first-order valence-electron chi connectivity index (χ1n) is 7.68. The molecule has 1 aliphatic heterocycles. The predicted octanol–water partition coefficient (Wildman–Crippen LogP) is 1.34. The van der Waals surface area contributed by atoms with Gasteiger partial charge in [-0.15, -0.1) is 11.3 Å². The van der Waals surface area contributed by atoms with E-state index >= 15 is 0 Å². The number of urea groups is 1. The first kappa shape index (κ1) is 16.0. The maximum absolute atomic E-state index is 12.0. The molecule has 0 aromatic carbocycles. The molecule has 1 atom stereocenters. The van der Waals surface area contributed by atoms with Gasteiger partial charge in [-0.3, -0.25) is 10.00 Å². The van der Waals surface area contributed by atoms with Crippen LogP contribution in [0.2, 0.25) is 0 Å². The Morgan fingerprint density at radius 3 is 2.96 bits per heavy atom. The van der Waals surface area contributed by atoms with Crippen molar-refractivity contribution in [2.24, 2.45) is 0 Å².